The van der Waals surface area contributed by atoms with Crippen molar-refractivity contribution in [1.82, 2.24) is 15.2 Å². The zero-order valence-electron chi connectivity index (χ0n) is 16.8. The first-order valence-electron chi connectivity index (χ1n) is 9.95. The summed E-state index contributed by atoms with van der Waals surface area (Å²) in [5.41, 5.74) is 0.725. The molecule has 1 aliphatic rings. The van der Waals surface area contributed by atoms with Crippen molar-refractivity contribution >= 4 is 51.2 Å². The molecule has 1 atom stereocenters. The van der Waals surface area contributed by atoms with E-state index in [0.29, 0.717) is 17.9 Å². The Bertz CT molecular complexity index is 1170. The van der Waals surface area contributed by atoms with Gasteiger partial charge in [0.2, 0.25) is 5.13 Å². The second-order valence-electron chi connectivity index (χ2n) is 6.92. The van der Waals surface area contributed by atoms with Gasteiger partial charge in [-0.15, -0.1) is 21.5 Å². The quantitative estimate of drug-likeness (QED) is 0.336. The van der Waals surface area contributed by atoms with E-state index in [1.165, 1.54) is 33.0 Å². The summed E-state index contributed by atoms with van der Waals surface area (Å²) < 4.78 is 11.8. The van der Waals surface area contributed by atoms with Gasteiger partial charge in [-0.2, -0.15) is 5.10 Å². The van der Waals surface area contributed by atoms with Gasteiger partial charge in [0.05, 0.1) is 18.3 Å². The number of hydrogen-bond acceptors (Lipinski definition) is 10. The molecule has 4 aromatic heterocycles. The van der Waals surface area contributed by atoms with E-state index in [1.807, 2.05) is 24.3 Å². The summed E-state index contributed by atoms with van der Waals surface area (Å²) in [5.74, 6) is 1.43. The molecule has 4 aromatic rings. The molecule has 0 saturated heterocycles. The largest absolute Gasteiger partial charge is 0.467 e. The van der Waals surface area contributed by atoms with Crippen molar-refractivity contribution in [2.45, 2.75) is 23.2 Å². The second kappa shape index (κ2) is 9.72. The lowest BCUT2D eigenvalue weighted by Gasteiger charge is -2.19. The van der Waals surface area contributed by atoms with Gasteiger partial charge in [0.1, 0.15) is 23.3 Å². The molecule has 1 N–H and O–H groups in total. The zero-order valence-corrected chi connectivity index (χ0v) is 19.3. The topological polar surface area (TPSA) is 96.8 Å². The summed E-state index contributed by atoms with van der Waals surface area (Å²) in [6.07, 6.45) is 4.68. The minimum Gasteiger partial charge on any atom is -0.467 e. The number of carbonyl (C=O) groups excluding carboxylic acids is 1. The molecule has 0 aliphatic carbocycles. The molecule has 0 radical (unpaired) electrons. The molecule has 0 saturated carbocycles. The molecule has 1 amide bonds. The summed E-state index contributed by atoms with van der Waals surface area (Å²) in [4.78, 5) is 14.3. The SMILES string of the molecule is O=C(CSc1nnc(NCCc2cccs2)s1)N1N=C(c2ccco2)CC1c1ccco1. The Hall–Kier alpha value is -2.89. The van der Waals surface area contributed by atoms with E-state index >= 15 is 0 Å². The molecule has 1 unspecified atom stereocenters. The number of hydrogen-bond donors (Lipinski definition) is 1. The molecule has 5 heterocycles. The van der Waals surface area contributed by atoms with Crippen LogP contribution in [-0.4, -0.2) is 39.1 Å². The van der Waals surface area contributed by atoms with Gasteiger partial charge in [-0.3, -0.25) is 4.79 Å². The van der Waals surface area contributed by atoms with Gasteiger partial charge in [0.25, 0.3) is 5.91 Å². The molecule has 0 fully saturated rings. The van der Waals surface area contributed by atoms with Crippen LogP contribution in [0, 0.1) is 0 Å². The Balaban J connectivity index is 1.19. The highest BCUT2D eigenvalue weighted by Gasteiger charge is 2.35. The number of furan rings is 2. The van der Waals surface area contributed by atoms with Crippen LogP contribution in [-0.2, 0) is 11.2 Å². The number of nitrogens with zero attached hydrogens (tertiary/aromatic N) is 4. The average molecular weight is 486 g/mol. The molecule has 164 valence electrons. The van der Waals surface area contributed by atoms with Crippen LogP contribution in [0.3, 0.4) is 0 Å². The van der Waals surface area contributed by atoms with Crippen molar-refractivity contribution in [2.75, 3.05) is 17.6 Å². The van der Waals surface area contributed by atoms with Crippen LogP contribution in [0.2, 0.25) is 0 Å². The number of aromatic nitrogens is 2. The van der Waals surface area contributed by atoms with Crippen molar-refractivity contribution in [3.8, 4) is 0 Å². The Morgan fingerprint density at radius 3 is 2.88 bits per heavy atom. The lowest BCUT2D eigenvalue weighted by molar-refractivity contribution is -0.130. The van der Waals surface area contributed by atoms with Gasteiger partial charge < -0.3 is 14.2 Å². The van der Waals surface area contributed by atoms with Crippen LogP contribution in [0.15, 0.2) is 72.6 Å². The predicted octanol–water partition coefficient (Wildman–Crippen LogP) is 4.91. The Morgan fingerprint density at radius 2 is 2.09 bits per heavy atom. The monoisotopic (exact) mass is 485 g/mol. The van der Waals surface area contributed by atoms with Crippen molar-refractivity contribution < 1.29 is 13.6 Å². The van der Waals surface area contributed by atoms with Crippen LogP contribution in [0.1, 0.15) is 28.9 Å². The third kappa shape index (κ3) is 4.79. The summed E-state index contributed by atoms with van der Waals surface area (Å²) in [7, 11) is 0. The lowest BCUT2D eigenvalue weighted by atomic mass is 10.1. The highest BCUT2D eigenvalue weighted by Crippen LogP contribution is 2.34. The first-order chi connectivity index (χ1) is 15.8. The Labute approximate surface area is 196 Å². The molecule has 5 rings (SSSR count). The standard InChI is InChI=1S/C21H19N5O3S3/c27-19(13-31-21-24-23-20(32-21)22-8-7-14-4-3-11-30-14)26-16(18-6-2-10-29-18)12-15(25-26)17-5-1-9-28-17/h1-6,9-11,16H,7-8,12-13H2,(H,22,23). The highest BCUT2D eigenvalue weighted by molar-refractivity contribution is 8.01. The maximum atomic E-state index is 13.0. The fourth-order valence-corrected chi connectivity index (χ4v) is 5.65. The predicted molar refractivity (Wildman–Crippen MR) is 125 cm³/mol. The number of carbonyl (C=O) groups is 1. The third-order valence-electron chi connectivity index (χ3n) is 4.80. The van der Waals surface area contributed by atoms with Gasteiger partial charge in [-0.1, -0.05) is 29.2 Å². The molecular formula is C21H19N5O3S3. The number of nitrogens with one attached hydrogen (secondary N) is 1. The second-order valence-corrected chi connectivity index (χ2v) is 10.1. The maximum Gasteiger partial charge on any atom is 0.253 e. The minimum absolute atomic E-state index is 0.125. The summed E-state index contributed by atoms with van der Waals surface area (Å²) >= 11 is 4.55. The van der Waals surface area contributed by atoms with Gasteiger partial charge in [0.15, 0.2) is 4.34 Å². The Morgan fingerprint density at radius 1 is 1.19 bits per heavy atom. The van der Waals surface area contributed by atoms with Gasteiger partial charge >= 0.3 is 0 Å². The van der Waals surface area contributed by atoms with Crippen LogP contribution in [0.25, 0.3) is 0 Å². The molecular weight excluding hydrogens is 466 g/mol. The van der Waals surface area contributed by atoms with Crippen molar-refractivity contribution in [3.05, 3.63) is 70.7 Å². The van der Waals surface area contributed by atoms with Gasteiger partial charge in [-0.05, 0) is 42.1 Å². The van der Waals surface area contributed by atoms with Crippen LogP contribution >= 0.6 is 34.4 Å². The summed E-state index contributed by atoms with van der Waals surface area (Å²) in [6.45, 7) is 0.793. The van der Waals surface area contributed by atoms with Crippen LogP contribution in [0.4, 0.5) is 5.13 Å². The molecule has 1 aliphatic heterocycles. The number of amides is 1. The van der Waals surface area contributed by atoms with E-state index in [-0.39, 0.29) is 17.7 Å². The normalized spacial score (nSPS) is 15.8. The molecule has 11 heteroatoms. The van der Waals surface area contributed by atoms with Crippen molar-refractivity contribution in [3.63, 3.8) is 0 Å². The fourth-order valence-electron chi connectivity index (χ4n) is 3.31. The van der Waals surface area contributed by atoms with Crippen LogP contribution in [0.5, 0.6) is 0 Å². The van der Waals surface area contributed by atoms with E-state index in [1.54, 1.807) is 23.9 Å². The summed E-state index contributed by atoms with van der Waals surface area (Å²) in [6, 6.07) is 11.2. The van der Waals surface area contributed by atoms with Crippen LogP contribution < -0.4 is 5.32 Å². The smallest absolute Gasteiger partial charge is 0.253 e. The van der Waals surface area contributed by atoms with E-state index in [9.17, 15) is 4.79 Å². The Kier molecular flexibility index (Phi) is 6.37. The molecule has 8 nitrogen and oxygen atoms in total. The fraction of sp³-hybridized carbons (Fsp3) is 0.238. The zero-order chi connectivity index (χ0) is 21.8. The highest BCUT2D eigenvalue weighted by atomic mass is 32.2. The van der Waals surface area contributed by atoms with E-state index in [2.05, 4.69) is 38.1 Å². The first kappa shape index (κ1) is 21.0. The van der Waals surface area contributed by atoms with Gasteiger partial charge in [0, 0.05) is 17.8 Å². The minimum atomic E-state index is -0.290. The molecule has 0 spiro atoms. The van der Waals surface area contributed by atoms with Gasteiger partial charge in [-0.25, -0.2) is 5.01 Å². The number of thioether (sulfide) groups is 1. The maximum absolute atomic E-state index is 13.0. The molecule has 0 bridgehead atoms. The molecule has 0 aromatic carbocycles. The first-order valence-corrected chi connectivity index (χ1v) is 12.6. The van der Waals surface area contributed by atoms with Crippen molar-refractivity contribution in [1.29, 1.82) is 0 Å². The van der Waals surface area contributed by atoms with Crippen molar-refractivity contribution in [2.24, 2.45) is 5.10 Å². The third-order valence-corrected chi connectivity index (χ3v) is 7.73. The molecule has 32 heavy (non-hydrogen) atoms. The van der Waals surface area contributed by atoms with E-state index in [4.69, 9.17) is 8.83 Å². The number of anilines is 1. The average Bonchev–Trinajstić information content (AvgIpc) is 3.62. The van der Waals surface area contributed by atoms with E-state index < -0.39 is 0 Å². The summed E-state index contributed by atoms with van der Waals surface area (Å²) in [5, 5.41) is 20.5. The number of thiophene rings is 1. The number of hydrazone groups is 1. The van der Waals surface area contributed by atoms with E-state index in [0.717, 1.165) is 28.1 Å². The lowest BCUT2D eigenvalue weighted by Crippen LogP contribution is -2.28. The number of rotatable bonds is 9.